The lowest BCUT2D eigenvalue weighted by molar-refractivity contribution is 0.632. The molecule has 0 N–H and O–H groups in total. The molecule has 1 aliphatic rings. The molecule has 144 valence electrons. The van der Waals surface area contributed by atoms with Gasteiger partial charge in [0.1, 0.15) is 17.5 Å². The summed E-state index contributed by atoms with van der Waals surface area (Å²) in [6.07, 6.45) is 0.922. The molecule has 0 aliphatic carbocycles. The highest BCUT2D eigenvalue weighted by atomic mass is 35.5. The minimum Gasteiger partial charge on any atom is -0.325 e. The van der Waals surface area contributed by atoms with Crippen molar-refractivity contribution in [3.63, 3.8) is 0 Å². The van der Waals surface area contributed by atoms with Crippen LogP contribution in [0.3, 0.4) is 0 Å². The Balaban J connectivity index is 1.65. The minimum absolute atomic E-state index is 0.242. The van der Waals surface area contributed by atoms with Gasteiger partial charge >= 0.3 is 0 Å². The van der Waals surface area contributed by atoms with Crippen molar-refractivity contribution in [1.29, 1.82) is 0 Å². The Labute approximate surface area is 175 Å². The summed E-state index contributed by atoms with van der Waals surface area (Å²) in [5.74, 6) is 1.32. The molecule has 3 nitrogen and oxygen atoms in total. The molecule has 1 aliphatic heterocycles. The number of benzene rings is 3. The summed E-state index contributed by atoms with van der Waals surface area (Å²) in [4.78, 5) is 11.6. The maximum Gasteiger partial charge on any atom is 0.144 e. The van der Waals surface area contributed by atoms with Crippen LogP contribution in [-0.4, -0.2) is 16.5 Å². The number of hydrogen-bond acceptors (Lipinski definition) is 3. The highest BCUT2D eigenvalue weighted by Gasteiger charge is 2.24. The van der Waals surface area contributed by atoms with Crippen LogP contribution in [0.25, 0.3) is 22.0 Å². The number of aryl methyl sites for hydroxylation is 1. The van der Waals surface area contributed by atoms with Crippen molar-refractivity contribution < 1.29 is 4.39 Å². The maximum absolute atomic E-state index is 14.5. The van der Waals surface area contributed by atoms with Crippen molar-refractivity contribution >= 4 is 48.6 Å². The van der Waals surface area contributed by atoms with E-state index in [2.05, 4.69) is 19.1 Å². The lowest BCUT2D eigenvalue weighted by Gasteiger charge is -2.21. The first-order valence-corrected chi connectivity index (χ1v) is 10.3. The molecule has 1 unspecified atom stereocenters. The maximum atomic E-state index is 14.5. The van der Waals surface area contributed by atoms with E-state index in [0.717, 1.165) is 51.3 Å². The van der Waals surface area contributed by atoms with E-state index in [4.69, 9.17) is 16.6 Å². The average Bonchev–Trinajstić information content (AvgIpc) is 3.09. The minimum atomic E-state index is -0.242. The molecule has 0 saturated heterocycles. The summed E-state index contributed by atoms with van der Waals surface area (Å²) in [5, 5.41) is 2.52. The van der Waals surface area contributed by atoms with E-state index in [1.165, 1.54) is 11.6 Å². The van der Waals surface area contributed by atoms with Crippen LogP contribution in [0.1, 0.15) is 11.4 Å². The molecule has 3 aromatic carbocycles. The SMILES string of the molecule is Cc1nc(N2CCc3cc(Cl)ccc32)c2ccc(-c3ccc(P)cc3F)cc2n1. The first kappa shape index (κ1) is 18.5. The van der Waals surface area contributed by atoms with Crippen LogP contribution in [-0.2, 0) is 6.42 Å². The largest absolute Gasteiger partial charge is 0.325 e. The number of aromatic nitrogens is 2. The summed E-state index contributed by atoms with van der Waals surface area (Å²) in [7, 11) is 2.52. The van der Waals surface area contributed by atoms with Crippen LogP contribution in [0.15, 0.2) is 54.6 Å². The van der Waals surface area contributed by atoms with E-state index in [0.29, 0.717) is 11.4 Å². The van der Waals surface area contributed by atoms with E-state index in [-0.39, 0.29) is 5.82 Å². The van der Waals surface area contributed by atoms with Crippen LogP contribution in [0.2, 0.25) is 5.02 Å². The van der Waals surface area contributed by atoms with Gasteiger partial charge in [0.25, 0.3) is 0 Å². The van der Waals surface area contributed by atoms with Gasteiger partial charge in [-0.1, -0.05) is 29.8 Å². The van der Waals surface area contributed by atoms with Gasteiger partial charge in [-0.2, -0.15) is 0 Å². The average molecular weight is 422 g/mol. The predicted molar refractivity (Wildman–Crippen MR) is 121 cm³/mol. The molecule has 29 heavy (non-hydrogen) atoms. The zero-order chi connectivity index (χ0) is 20.1. The number of nitrogens with zero attached hydrogens (tertiary/aromatic N) is 3. The third-order valence-corrected chi connectivity index (χ3v) is 5.88. The van der Waals surface area contributed by atoms with E-state index in [1.54, 1.807) is 6.07 Å². The zero-order valence-electron chi connectivity index (χ0n) is 15.8. The number of anilines is 2. The predicted octanol–water partition coefficient (Wildman–Crippen LogP) is 5.59. The second kappa shape index (κ2) is 7.05. The molecule has 1 atom stereocenters. The second-order valence-electron chi connectivity index (χ2n) is 7.24. The van der Waals surface area contributed by atoms with E-state index in [9.17, 15) is 4.39 Å². The Morgan fingerprint density at radius 1 is 1.03 bits per heavy atom. The number of fused-ring (bicyclic) bond motifs is 2. The van der Waals surface area contributed by atoms with Crippen LogP contribution in [0.5, 0.6) is 0 Å². The van der Waals surface area contributed by atoms with Gasteiger partial charge in [0.05, 0.1) is 5.52 Å². The summed E-state index contributed by atoms with van der Waals surface area (Å²) >= 11 is 6.16. The number of hydrogen-bond donors (Lipinski definition) is 0. The van der Waals surface area contributed by atoms with E-state index in [1.807, 2.05) is 49.4 Å². The van der Waals surface area contributed by atoms with Crippen molar-refractivity contribution in [2.75, 3.05) is 11.4 Å². The van der Waals surface area contributed by atoms with Crippen LogP contribution >= 0.6 is 20.8 Å². The molecule has 5 rings (SSSR count). The monoisotopic (exact) mass is 421 g/mol. The fourth-order valence-electron chi connectivity index (χ4n) is 3.96. The summed E-state index contributed by atoms with van der Waals surface area (Å²) in [6.45, 7) is 2.73. The van der Waals surface area contributed by atoms with Crippen molar-refractivity contribution in [2.24, 2.45) is 0 Å². The first-order valence-electron chi connectivity index (χ1n) is 9.39. The molecule has 4 aromatic rings. The lowest BCUT2D eigenvalue weighted by atomic mass is 10.0. The van der Waals surface area contributed by atoms with Crippen molar-refractivity contribution in [3.8, 4) is 11.1 Å². The summed E-state index contributed by atoms with van der Waals surface area (Å²) in [6, 6.07) is 17.0. The Bertz CT molecular complexity index is 1270. The Morgan fingerprint density at radius 2 is 1.90 bits per heavy atom. The molecular formula is C23H18ClFN3P. The molecule has 1 aromatic heterocycles. The number of rotatable bonds is 2. The molecular weight excluding hydrogens is 404 g/mol. The van der Waals surface area contributed by atoms with Gasteiger partial charge in [-0.05, 0) is 66.2 Å². The topological polar surface area (TPSA) is 29.0 Å². The van der Waals surface area contributed by atoms with Crippen molar-refractivity contribution in [1.82, 2.24) is 9.97 Å². The van der Waals surface area contributed by atoms with Crippen molar-refractivity contribution in [3.05, 3.63) is 76.8 Å². The summed E-state index contributed by atoms with van der Waals surface area (Å²) < 4.78 is 14.5. The third kappa shape index (κ3) is 3.27. The van der Waals surface area contributed by atoms with E-state index < -0.39 is 0 Å². The molecule has 0 fully saturated rings. The molecule has 6 heteroatoms. The van der Waals surface area contributed by atoms with Gasteiger partial charge in [0.15, 0.2) is 0 Å². The fourth-order valence-corrected chi connectivity index (χ4v) is 4.39. The van der Waals surface area contributed by atoms with Gasteiger partial charge in [-0.3, -0.25) is 0 Å². The highest BCUT2D eigenvalue weighted by molar-refractivity contribution is 7.27. The van der Waals surface area contributed by atoms with Crippen molar-refractivity contribution in [2.45, 2.75) is 13.3 Å². The summed E-state index contributed by atoms with van der Waals surface area (Å²) in [5.41, 5.74) is 4.52. The van der Waals surface area contributed by atoms with Crippen LogP contribution in [0.4, 0.5) is 15.9 Å². The lowest BCUT2D eigenvalue weighted by Crippen LogP contribution is -2.16. The first-order chi connectivity index (χ1) is 14.0. The van der Waals surface area contributed by atoms with Crippen LogP contribution < -0.4 is 10.2 Å². The number of halogens is 2. The molecule has 0 bridgehead atoms. The fraction of sp³-hybridized carbons (Fsp3) is 0.130. The quantitative estimate of drug-likeness (QED) is 0.395. The van der Waals surface area contributed by atoms with Gasteiger partial charge in [0, 0.05) is 28.2 Å². The van der Waals surface area contributed by atoms with E-state index >= 15 is 0 Å². The van der Waals surface area contributed by atoms with Gasteiger partial charge in [-0.15, -0.1) is 9.24 Å². The zero-order valence-corrected chi connectivity index (χ0v) is 17.7. The smallest absolute Gasteiger partial charge is 0.144 e. The normalized spacial score (nSPS) is 13.2. The molecule has 2 heterocycles. The highest BCUT2D eigenvalue weighted by Crippen LogP contribution is 2.38. The Hall–Kier alpha value is -2.55. The standard InChI is InChI=1S/C23H18ClFN3P/c1-13-26-21-11-14(18-6-4-17(29)12-20(18)25)2-5-19(21)23(27-13)28-9-8-15-10-16(24)3-7-22(15)28/h2-7,10-12H,8-9,29H2,1H3. The second-order valence-corrected chi connectivity index (χ2v) is 8.34. The third-order valence-electron chi connectivity index (χ3n) is 5.29. The molecule has 0 spiro atoms. The molecule has 0 saturated carbocycles. The molecule has 0 amide bonds. The molecule has 0 radical (unpaired) electrons. The van der Waals surface area contributed by atoms with Gasteiger partial charge in [-0.25, -0.2) is 14.4 Å². The van der Waals surface area contributed by atoms with Gasteiger partial charge < -0.3 is 4.90 Å². The Morgan fingerprint density at radius 3 is 2.72 bits per heavy atom. The van der Waals surface area contributed by atoms with Crippen LogP contribution in [0, 0.1) is 12.7 Å². The van der Waals surface area contributed by atoms with Gasteiger partial charge in [0.2, 0.25) is 0 Å². The Kier molecular flexibility index (Phi) is 4.49.